The van der Waals surface area contributed by atoms with Crippen molar-refractivity contribution in [2.24, 2.45) is 0 Å². The van der Waals surface area contributed by atoms with E-state index in [9.17, 15) is 4.39 Å². The summed E-state index contributed by atoms with van der Waals surface area (Å²) in [5.41, 5.74) is 2.28. The minimum atomic E-state index is -0.283. The van der Waals surface area contributed by atoms with Crippen molar-refractivity contribution in [3.05, 3.63) is 60.8 Å². The number of halogens is 1. The van der Waals surface area contributed by atoms with Gasteiger partial charge in [0.2, 0.25) is 0 Å². The van der Waals surface area contributed by atoms with Crippen molar-refractivity contribution in [2.75, 3.05) is 38.1 Å². The zero-order valence-electron chi connectivity index (χ0n) is 16.0. The molecule has 3 aromatic heterocycles. The Labute approximate surface area is 167 Å². The van der Waals surface area contributed by atoms with E-state index in [1.807, 2.05) is 22.8 Å². The molecule has 1 aliphatic heterocycles. The van der Waals surface area contributed by atoms with Crippen LogP contribution >= 0.6 is 0 Å². The van der Waals surface area contributed by atoms with Crippen molar-refractivity contribution in [2.45, 2.75) is 0 Å². The minimum Gasteiger partial charge on any atom is -0.354 e. The van der Waals surface area contributed by atoms with E-state index >= 15 is 0 Å². The van der Waals surface area contributed by atoms with Crippen LogP contribution in [0.3, 0.4) is 0 Å². The Morgan fingerprint density at radius 1 is 0.862 bits per heavy atom. The van der Waals surface area contributed by atoms with Gasteiger partial charge in [0.05, 0.1) is 0 Å². The summed E-state index contributed by atoms with van der Waals surface area (Å²) in [6, 6.07) is 12.1. The second kappa shape index (κ2) is 7.21. The Hall–Kier alpha value is -3.39. The van der Waals surface area contributed by atoms with E-state index in [0.717, 1.165) is 48.7 Å². The first-order valence-corrected chi connectivity index (χ1v) is 9.54. The maximum atomic E-state index is 13.4. The van der Waals surface area contributed by atoms with Crippen molar-refractivity contribution in [3.63, 3.8) is 0 Å². The van der Waals surface area contributed by atoms with Crippen molar-refractivity contribution < 1.29 is 4.39 Å². The van der Waals surface area contributed by atoms with Gasteiger partial charge >= 0.3 is 0 Å². The molecule has 0 bridgehead atoms. The van der Waals surface area contributed by atoms with Crippen LogP contribution in [-0.2, 0) is 0 Å². The van der Waals surface area contributed by atoms with Gasteiger partial charge in [-0.25, -0.2) is 24.3 Å². The summed E-state index contributed by atoms with van der Waals surface area (Å²) in [4.78, 5) is 22.7. The molecule has 1 saturated heterocycles. The normalized spacial score (nSPS) is 15.2. The van der Waals surface area contributed by atoms with E-state index < -0.39 is 0 Å². The van der Waals surface area contributed by atoms with Crippen molar-refractivity contribution in [3.8, 4) is 17.2 Å². The van der Waals surface area contributed by atoms with Crippen LogP contribution in [0.25, 0.3) is 28.4 Å². The van der Waals surface area contributed by atoms with Gasteiger partial charge in [-0.15, -0.1) is 0 Å². The third-order valence-electron chi connectivity index (χ3n) is 5.21. The van der Waals surface area contributed by atoms with Gasteiger partial charge in [-0.05, 0) is 49.5 Å². The standard InChI is InChI=1S/C21H20FN7/c1-27-10-12-28(13-11-27)19-7-6-17-21(26-19)29(18-8-9-23-14-24-18)20(25-17)15-2-4-16(22)5-3-15/h2-9,14H,10-13H2,1H3. The molecule has 0 amide bonds. The molecule has 0 N–H and O–H groups in total. The summed E-state index contributed by atoms with van der Waals surface area (Å²) in [5, 5.41) is 0. The van der Waals surface area contributed by atoms with E-state index in [1.165, 1.54) is 18.5 Å². The highest BCUT2D eigenvalue weighted by atomic mass is 19.1. The number of fused-ring (bicyclic) bond motifs is 1. The quantitative estimate of drug-likeness (QED) is 0.537. The number of imidazole rings is 1. The molecule has 1 aliphatic rings. The lowest BCUT2D eigenvalue weighted by molar-refractivity contribution is 0.312. The minimum absolute atomic E-state index is 0.283. The molecule has 8 heteroatoms. The van der Waals surface area contributed by atoms with Gasteiger partial charge in [-0.2, -0.15) is 0 Å². The van der Waals surface area contributed by atoms with Gasteiger partial charge in [-0.1, -0.05) is 0 Å². The molecular weight excluding hydrogens is 369 g/mol. The van der Waals surface area contributed by atoms with Crippen molar-refractivity contribution in [1.82, 2.24) is 29.4 Å². The summed E-state index contributed by atoms with van der Waals surface area (Å²) in [7, 11) is 2.13. The smallest absolute Gasteiger partial charge is 0.168 e. The maximum Gasteiger partial charge on any atom is 0.168 e. The number of hydrogen-bond donors (Lipinski definition) is 0. The molecule has 0 spiro atoms. The van der Waals surface area contributed by atoms with Gasteiger partial charge in [0.1, 0.15) is 35.1 Å². The third-order valence-corrected chi connectivity index (χ3v) is 5.21. The van der Waals surface area contributed by atoms with Crippen LogP contribution < -0.4 is 4.90 Å². The summed E-state index contributed by atoms with van der Waals surface area (Å²) >= 11 is 0. The second-order valence-corrected chi connectivity index (χ2v) is 7.15. The SMILES string of the molecule is CN1CCN(c2ccc3nc(-c4ccc(F)cc4)n(-c4ccncn4)c3n2)CC1. The highest BCUT2D eigenvalue weighted by Gasteiger charge is 2.20. The van der Waals surface area contributed by atoms with Crippen LogP contribution in [0.1, 0.15) is 0 Å². The van der Waals surface area contributed by atoms with E-state index in [1.54, 1.807) is 18.3 Å². The molecule has 146 valence electrons. The maximum absolute atomic E-state index is 13.4. The molecule has 4 heterocycles. The zero-order valence-corrected chi connectivity index (χ0v) is 16.0. The monoisotopic (exact) mass is 389 g/mol. The molecule has 29 heavy (non-hydrogen) atoms. The predicted octanol–water partition coefficient (Wildman–Crippen LogP) is 2.77. The zero-order chi connectivity index (χ0) is 19.8. The summed E-state index contributed by atoms with van der Waals surface area (Å²) in [6.45, 7) is 3.88. The van der Waals surface area contributed by atoms with Gasteiger partial charge in [0, 0.05) is 37.9 Å². The average molecular weight is 389 g/mol. The number of rotatable bonds is 3. The first-order valence-electron chi connectivity index (χ1n) is 9.54. The van der Waals surface area contributed by atoms with Gasteiger partial charge in [-0.3, -0.25) is 4.57 Å². The lowest BCUT2D eigenvalue weighted by Crippen LogP contribution is -2.44. The lowest BCUT2D eigenvalue weighted by atomic mass is 10.2. The molecule has 4 aromatic rings. The third kappa shape index (κ3) is 3.31. The number of aromatic nitrogens is 5. The van der Waals surface area contributed by atoms with Crippen molar-refractivity contribution in [1.29, 1.82) is 0 Å². The van der Waals surface area contributed by atoms with Gasteiger partial charge in [0.25, 0.3) is 0 Å². The Balaban J connectivity index is 1.68. The summed E-state index contributed by atoms with van der Waals surface area (Å²) < 4.78 is 15.4. The first kappa shape index (κ1) is 17.7. The molecule has 5 rings (SSSR count). The summed E-state index contributed by atoms with van der Waals surface area (Å²) in [5.74, 6) is 1.98. The first-order chi connectivity index (χ1) is 14.2. The number of anilines is 1. The molecule has 1 fully saturated rings. The van der Waals surface area contributed by atoms with Crippen LogP contribution in [0.15, 0.2) is 55.0 Å². The fraction of sp³-hybridized carbons (Fsp3) is 0.238. The molecule has 0 unspecified atom stereocenters. The van der Waals surface area contributed by atoms with Gasteiger partial charge in [0.15, 0.2) is 5.65 Å². The number of benzene rings is 1. The number of piperazine rings is 1. The van der Waals surface area contributed by atoms with E-state index in [-0.39, 0.29) is 5.82 Å². The van der Waals surface area contributed by atoms with E-state index in [4.69, 9.17) is 9.97 Å². The topological polar surface area (TPSA) is 63.0 Å². The Morgan fingerprint density at radius 3 is 2.38 bits per heavy atom. The fourth-order valence-corrected chi connectivity index (χ4v) is 3.58. The predicted molar refractivity (Wildman–Crippen MR) is 110 cm³/mol. The molecule has 0 atom stereocenters. The van der Waals surface area contributed by atoms with Crippen LogP contribution in [-0.4, -0.2) is 62.6 Å². The second-order valence-electron chi connectivity index (χ2n) is 7.15. The Bertz CT molecular complexity index is 1130. The van der Waals surface area contributed by atoms with Crippen LogP contribution in [0.2, 0.25) is 0 Å². The Kier molecular flexibility index (Phi) is 4.40. The number of pyridine rings is 1. The van der Waals surface area contributed by atoms with Crippen molar-refractivity contribution >= 4 is 17.0 Å². The molecule has 0 radical (unpaired) electrons. The van der Waals surface area contributed by atoms with Gasteiger partial charge < -0.3 is 9.80 Å². The summed E-state index contributed by atoms with van der Waals surface area (Å²) in [6.07, 6.45) is 3.19. The van der Waals surface area contributed by atoms with E-state index in [2.05, 4.69) is 26.8 Å². The fourth-order valence-electron chi connectivity index (χ4n) is 3.58. The number of likely N-dealkylation sites (N-methyl/N-ethyl adjacent to an activating group) is 1. The molecule has 0 saturated carbocycles. The Morgan fingerprint density at radius 2 is 1.66 bits per heavy atom. The molecular formula is C21H20FN7. The molecule has 0 aliphatic carbocycles. The molecule has 7 nitrogen and oxygen atoms in total. The number of nitrogens with zero attached hydrogens (tertiary/aromatic N) is 7. The highest BCUT2D eigenvalue weighted by molar-refractivity contribution is 5.81. The average Bonchev–Trinajstić information content (AvgIpc) is 3.14. The van der Waals surface area contributed by atoms with E-state index in [0.29, 0.717) is 11.6 Å². The highest BCUT2D eigenvalue weighted by Crippen LogP contribution is 2.28. The molecule has 1 aromatic carbocycles. The lowest BCUT2D eigenvalue weighted by Gasteiger charge is -2.33. The van der Waals surface area contributed by atoms with Crippen LogP contribution in [0, 0.1) is 5.82 Å². The number of hydrogen-bond acceptors (Lipinski definition) is 6. The van der Waals surface area contributed by atoms with Crippen LogP contribution in [0.4, 0.5) is 10.2 Å². The van der Waals surface area contributed by atoms with Crippen LogP contribution in [0.5, 0.6) is 0 Å². The largest absolute Gasteiger partial charge is 0.354 e.